The Morgan fingerprint density at radius 2 is 2.00 bits per heavy atom. The standard InChI is InChI=1S/C12H19N5/c1-9-5-6-10-14-15-11(17(10)16-9)7-8-13-12(2,3)4/h5-6,13H,7-8H2,1-4H3. The van der Waals surface area contributed by atoms with Gasteiger partial charge in [-0.3, -0.25) is 0 Å². The van der Waals surface area contributed by atoms with Gasteiger partial charge in [0.25, 0.3) is 0 Å². The highest BCUT2D eigenvalue weighted by atomic mass is 15.4. The molecule has 0 aliphatic rings. The van der Waals surface area contributed by atoms with Crippen LogP contribution in [0.1, 0.15) is 32.3 Å². The van der Waals surface area contributed by atoms with Crippen LogP contribution in [0, 0.1) is 6.92 Å². The Bertz CT molecular complexity index is 509. The Balaban J connectivity index is 2.11. The van der Waals surface area contributed by atoms with Crippen molar-refractivity contribution in [2.45, 2.75) is 39.7 Å². The van der Waals surface area contributed by atoms with Gasteiger partial charge in [0, 0.05) is 18.5 Å². The normalized spacial score (nSPS) is 12.2. The second-order valence-corrected chi connectivity index (χ2v) is 5.29. The van der Waals surface area contributed by atoms with Crippen LogP contribution in [0.25, 0.3) is 5.65 Å². The molecule has 2 heterocycles. The van der Waals surface area contributed by atoms with Crippen molar-refractivity contribution in [2.75, 3.05) is 6.54 Å². The van der Waals surface area contributed by atoms with Crippen molar-refractivity contribution in [3.8, 4) is 0 Å². The molecule has 0 bridgehead atoms. The molecule has 0 atom stereocenters. The third-order valence-corrected chi connectivity index (χ3v) is 2.46. The summed E-state index contributed by atoms with van der Waals surface area (Å²) in [5, 5.41) is 16.1. The maximum Gasteiger partial charge on any atom is 0.177 e. The van der Waals surface area contributed by atoms with E-state index < -0.39 is 0 Å². The van der Waals surface area contributed by atoms with Crippen LogP contribution in [-0.4, -0.2) is 31.9 Å². The van der Waals surface area contributed by atoms with Crippen molar-refractivity contribution in [3.05, 3.63) is 23.7 Å². The second-order valence-electron chi connectivity index (χ2n) is 5.29. The van der Waals surface area contributed by atoms with Crippen molar-refractivity contribution < 1.29 is 0 Å². The van der Waals surface area contributed by atoms with Crippen molar-refractivity contribution in [1.29, 1.82) is 0 Å². The highest BCUT2D eigenvalue weighted by molar-refractivity contribution is 5.36. The fourth-order valence-corrected chi connectivity index (χ4v) is 1.63. The minimum Gasteiger partial charge on any atom is -0.312 e. The highest BCUT2D eigenvalue weighted by Crippen LogP contribution is 2.04. The first kappa shape index (κ1) is 12.0. The largest absolute Gasteiger partial charge is 0.312 e. The maximum absolute atomic E-state index is 4.41. The Morgan fingerprint density at radius 3 is 2.71 bits per heavy atom. The van der Waals surface area contributed by atoms with E-state index in [1.165, 1.54) is 0 Å². The molecule has 0 aromatic carbocycles. The smallest absolute Gasteiger partial charge is 0.177 e. The molecule has 0 amide bonds. The molecule has 1 N–H and O–H groups in total. The van der Waals surface area contributed by atoms with Crippen LogP contribution in [0.3, 0.4) is 0 Å². The van der Waals surface area contributed by atoms with Crippen molar-refractivity contribution in [2.24, 2.45) is 0 Å². The molecule has 0 radical (unpaired) electrons. The van der Waals surface area contributed by atoms with Crippen LogP contribution in [0.15, 0.2) is 12.1 Å². The van der Waals surface area contributed by atoms with Crippen LogP contribution in [0.5, 0.6) is 0 Å². The second kappa shape index (κ2) is 4.41. The number of aromatic nitrogens is 4. The Morgan fingerprint density at radius 1 is 1.24 bits per heavy atom. The molecule has 2 aromatic heterocycles. The van der Waals surface area contributed by atoms with E-state index in [-0.39, 0.29) is 5.54 Å². The molecular weight excluding hydrogens is 214 g/mol. The first-order valence-electron chi connectivity index (χ1n) is 5.89. The Kier molecular flexibility index (Phi) is 3.11. The van der Waals surface area contributed by atoms with Gasteiger partial charge in [0.15, 0.2) is 11.5 Å². The molecule has 0 aliphatic carbocycles. The van der Waals surface area contributed by atoms with E-state index in [0.717, 1.165) is 30.1 Å². The molecule has 2 rings (SSSR count). The summed E-state index contributed by atoms with van der Waals surface area (Å²) in [6, 6.07) is 3.89. The molecular formula is C12H19N5. The highest BCUT2D eigenvalue weighted by Gasteiger charge is 2.10. The zero-order valence-corrected chi connectivity index (χ0v) is 10.9. The van der Waals surface area contributed by atoms with Gasteiger partial charge in [-0.15, -0.1) is 10.2 Å². The lowest BCUT2D eigenvalue weighted by atomic mass is 10.1. The predicted molar refractivity (Wildman–Crippen MR) is 67.0 cm³/mol. The van der Waals surface area contributed by atoms with Gasteiger partial charge in [-0.1, -0.05) is 0 Å². The molecule has 0 saturated carbocycles. The average molecular weight is 233 g/mol. The van der Waals surface area contributed by atoms with E-state index in [1.807, 2.05) is 23.6 Å². The van der Waals surface area contributed by atoms with E-state index in [2.05, 4.69) is 41.4 Å². The first-order valence-corrected chi connectivity index (χ1v) is 5.89. The Labute approximate surface area is 101 Å². The average Bonchev–Trinajstić information content (AvgIpc) is 2.59. The van der Waals surface area contributed by atoms with Crippen molar-refractivity contribution >= 4 is 5.65 Å². The summed E-state index contributed by atoms with van der Waals surface area (Å²) in [7, 11) is 0. The fraction of sp³-hybridized carbons (Fsp3) is 0.583. The molecule has 0 unspecified atom stereocenters. The number of nitrogens with zero attached hydrogens (tertiary/aromatic N) is 4. The minimum absolute atomic E-state index is 0.129. The lowest BCUT2D eigenvalue weighted by molar-refractivity contribution is 0.426. The number of hydrogen-bond donors (Lipinski definition) is 1. The molecule has 2 aromatic rings. The molecule has 0 spiro atoms. The van der Waals surface area contributed by atoms with Gasteiger partial charge in [0.05, 0.1) is 5.69 Å². The van der Waals surface area contributed by atoms with Gasteiger partial charge in [-0.05, 0) is 39.8 Å². The van der Waals surface area contributed by atoms with Gasteiger partial charge in [-0.25, -0.2) is 0 Å². The third-order valence-electron chi connectivity index (χ3n) is 2.46. The number of hydrogen-bond acceptors (Lipinski definition) is 4. The van der Waals surface area contributed by atoms with Crippen molar-refractivity contribution in [1.82, 2.24) is 25.1 Å². The van der Waals surface area contributed by atoms with E-state index >= 15 is 0 Å². The third kappa shape index (κ3) is 3.00. The first-order chi connectivity index (χ1) is 7.96. The lowest BCUT2D eigenvalue weighted by Crippen LogP contribution is -2.37. The van der Waals surface area contributed by atoms with E-state index in [0.29, 0.717) is 0 Å². The SMILES string of the molecule is Cc1ccc2nnc(CCNC(C)(C)C)n2n1. The van der Waals surface area contributed by atoms with Crippen LogP contribution in [-0.2, 0) is 6.42 Å². The molecule has 92 valence electrons. The zero-order chi connectivity index (χ0) is 12.5. The predicted octanol–water partition coefficient (Wildman–Crippen LogP) is 1.36. The number of nitrogens with one attached hydrogen (secondary N) is 1. The summed E-state index contributed by atoms with van der Waals surface area (Å²) < 4.78 is 1.82. The monoisotopic (exact) mass is 233 g/mol. The molecule has 5 heteroatoms. The summed E-state index contributed by atoms with van der Waals surface area (Å²) in [5.74, 6) is 0.903. The molecule has 0 fully saturated rings. The van der Waals surface area contributed by atoms with Crippen LogP contribution in [0.2, 0.25) is 0 Å². The summed E-state index contributed by atoms with van der Waals surface area (Å²) >= 11 is 0. The summed E-state index contributed by atoms with van der Waals surface area (Å²) in [5.41, 5.74) is 1.91. The fourth-order valence-electron chi connectivity index (χ4n) is 1.63. The Hall–Kier alpha value is -1.49. The molecule has 17 heavy (non-hydrogen) atoms. The van der Waals surface area contributed by atoms with Gasteiger partial charge in [0.2, 0.25) is 0 Å². The number of rotatable bonds is 3. The van der Waals surface area contributed by atoms with Crippen LogP contribution >= 0.6 is 0 Å². The summed E-state index contributed by atoms with van der Waals surface area (Å²) in [6.07, 6.45) is 0.828. The van der Waals surface area contributed by atoms with E-state index in [9.17, 15) is 0 Å². The minimum atomic E-state index is 0.129. The number of aryl methyl sites for hydroxylation is 1. The molecule has 0 aliphatic heterocycles. The van der Waals surface area contributed by atoms with Crippen molar-refractivity contribution in [3.63, 3.8) is 0 Å². The molecule has 5 nitrogen and oxygen atoms in total. The summed E-state index contributed by atoms with van der Waals surface area (Å²) in [6.45, 7) is 9.29. The molecule has 0 saturated heterocycles. The topological polar surface area (TPSA) is 55.1 Å². The van der Waals surface area contributed by atoms with Crippen LogP contribution in [0.4, 0.5) is 0 Å². The summed E-state index contributed by atoms with van der Waals surface area (Å²) in [4.78, 5) is 0. The van der Waals surface area contributed by atoms with Gasteiger partial charge < -0.3 is 5.32 Å². The van der Waals surface area contributed by atoms with Gasteiger partial charge in [-0.2, -0.15) is 9.61 Å². The number of fused-ring (bicyclic) bond motifs is 1. The van der Waals surface area contributed by atoms with E-state index in [1.54, 1.807) is 0 Å². The zero-order valence-electron chi connectivity index (χ0n) is 10.9. The maximum atomic E-state index is 4.41. The van der Waals surface area contributed by atoms with Gasteiger partial charge in [0.1, 0.15) is 0 Å². The van der Waals surface area contributed by atoms with E-state index in [4.69, 9.17) is 0 Å². The van der Waals surface area contributed by atoms with Gasteiger partial charge >= 0.3 is 0 Å². The lowest BCUT2D eigenvalue weighted by Gasteiger charge is -2.19. The quantitative estimate of drug-likeness (QED) is 0.869. The van der Waals surface area contributed by atoms with Crippen LogP contribution < -0.4 is 5.32 Å².